The van der Waals surface area contributed by atoms with Gasteiger partial charge in [0.25, 0.3) is 0 Å². The van der Waals surface area contributed by atoms with Crippen LogP contribution in [0.4, 0.5) is 9.18 Å². The van der Waals surface area contributed by atoms with Crippen molar-refractivity contribution in [2.45, 2.75) is 52.7 Å². The fourth-order valence-electron chi connectivity index (χ4n) is 4.14. The first-order valence-electron chi connectivity index (χ1n) is 11.4. The lowest BCUT2D eigenvalue weighted by atomic mass is 9.94. The van der Waals surface area contributed by atoms with Crippen molar-refractivity contribution in [1.29, 1.82) is 5.26 Å². The maximum atomic E-state index is 15.4. The molecule has 0 aliphatic carbocycles. The summed E-state index contributed by atoms with van der Waals surface area (Å²) >= 11 is 0. The lowest BCUT2D eigenvalue weighted by Crippen LogP contribution is -2.40. The van der Waals surface area contributed by atoms with E-state index in [0.29, 0.717) is 52.3 Å². The van der Waals surface area contributed by atoms with E-state index < -0.39 is 17.5 Å². The second kappa shape index (κ2) is 9.34. The van der Waals surface area contributed by atoms with Crippen LogP contribution in [0.15, 0.2) is 42.5 Å². The minimum absolute atomic E-state index is 0.127. The van der Waals surface area contributed by atoms with Gasteiger partial charge < -0.3 is 9.64 Å². The van der Waals surface area contributed by atoms with Crippen molar-refractivity contribution >= 4 is 11.9 Å². The van der Waals surface area contributed by atoms with Crippen LogP contribution in [0, 0.1) is 24.1 Å². The number of carbonyl (C=O) groups is 2. The molecule has 7 nitrogen and oxygen atoms in total. The number of nitrogens with zero attached hydrogens (tertiary/aromatic N) is 4. The molecule has 0 bridgehead atoms. The van der Waals surface area contributed by atoms with E-state index >= 15 is 4.39 Å². The summed E-state index contributed by atoms with van der Waals surface area (Å²) in [5.74, 6) is -0.688. The number of carbonyl (C=O) groups excluding carboxylic acids is 2. The average Bonchev–Trinajstić information content (AvgIpc) is 3.21. The van der Waals surface area contributed by atoms with Gasteiger partial charge in [-0.3, -0.25) is 4.79 Å². The Morgan fingerprint density at radius 2 is 1.97 bits per heavy atom. The number of nitriles is 1. The summed E-state index contributed by atoms with van der Waals surface area (Å²) in [4.78, 5) is 27.2. The van der Waals surface area contributed by atoms with E-state index in [1.807, 2.05) is 0 Å². The second-order valence-corrected chi connectivity index (χ2v) is 9.67. The van der Waals surface area contributed by atoms with Gasteiger partial charge in [0.15, 0.2) is 5.78 Å². The van der Waals surface area contributed by atoms with Crippen molar-refractivity contribution in [2.24, 2.45) is 0 Å². The fourth-order valence-corrected chi connectivity index (χ4v) is 4.14. The molecule has 2 heterocycles. The first kappa shape index (κ1) is 24.1. The molecule has 1 amide bonds. The highest BCUT2D eigenvalue weighted by Gasteiger charge is 2.28. The smallest absolute Gasteiger partial charge is 0.410 e. The number of amides is 1. The van der Waals surface area contributed by atoms with Crippen molar-refractivity contribution in [2.75, 3.05) is 6.54 Å². The minimum Gasteiger partial charge on any atom is -0.444 e. The van der Waals surface area contributed by atoms with Gasteiger partial charge in [0.1, 0.15) is 17.1 Å². The first-order chi connectivity index (χ1) is 16.6. The van der Waals surface area contributed by atoms with E-state index in [0.717, 1.165) is 0 Å². The molecule has 0 fully saturated rings. The summed E-state index contributed by atoms with van der Waals surface area (Å²) in [6, 6.07) is 13.9. The number of halogens is 1. The first-order valence-corrected chi connectivity index (χ1v) is 11.4. The maximum absolute atomic E-state index is 15.4. The number of Topliss-reactive ketones (excluding diaryl/α,β-unsaturated/α-hetero) is 1. The predicted molar refractivity (Wildman–Crippen MR) is 128 cm³/mol. The van der Waals surface area contributed by atoms with E-state index in [-0.39, 0.29) is 18.7 Å². The third kappa shape index (κ3) is 5.24. The molecule has 2 aromatic carbocycles. The van der Waals surface area contributed by atoms with E-state index in [2.05, 4.69) is 11.2 Å². The molecule has 0 spiro atoms. The molecule has 0 saturated heterocycles. The zero-order chi connectivity index (χ0) is 25.3. The third-order valence-corrected chi connectivity index (χ3v) is 5.75. The highest BCUT2D eigenvalue weighted by atomic mass is 19.1. The summed E-state index contributed by atoms with van der Waals surface area (Å²) in [6.45, 7) is 7.80. The molecular weight excluding hydrogens is 447 g/mol. The van der Waals surface area contributed by atoms with E-state index in [4.69, 9.17) is 4.74 Å². The zero-order valence-electron chi connectivity index (χ0n) is 20.3. The van der Waals surface area contributed by atoms with Gasteiger partial charge in [0.2, 0.25) is 0 Å². The summed E-state index contributed by atoms with van der Waals surface area (Å²) in [7, 11) is 0. The summed E-state index contributed by atoms with van der Waals surface area (Å²) in [5, 5.41) is 13.6. The van der Waals surface area contributed by atoms with Crippen molar-refractivity contribution in [1.82, 2.24) is 14.7 Å². The number of aromatic nitrogens is 2. The lowest BCUT2D eigenvalue weighted by molar-refractivity contribution is 0.0222. The Morgan fingerprint density at radius 3 is 2.69 bits per heavy atom. The van der Waals surface area contributed by atoms with Crippen LogP contribution in [0.2, 0.25) is 0 Å². The molecule has 180 valence electrons. The van der Waals surface area contributed by atoms with E-state index in [1.165, 1.54) is 4.68 Å². The topological polar surface area (TPSA) is 88.2 Å². The van der Waals surface area contributed by atoms with Gasteiger partial charge in [-0.2, -0.15) is 10.4 Å². The highest BCUT2D eigenvalue weighted by molar-refractivity contribution is 5.96. The van der Waals surface area contributed by atoms with Gasteiger partial charge in [-0.15, -0.1) is 0 Å². The van der Waals surface area contributed by atoms with Gasteiger partial charge in [-0.05, 0) is 75.1 Å². The molecule has 1 aliphatic rings. The molecule has 8 heteroatoms. The van der Waals surface area contributed by atoms with Crippen LogP contribution >= 0.6 is 0 Å². The lowest BCUT2D eigenvalue weighted by Gasteiger charge is -2.31. The number of ether oxygens (including phenoxy) is 1. The Hall–Kier alpha value is -3.99. The standard InChI is InChI=1S/C27H27FN4O3/c1-17-12-23(32(30-17)21-7-5-6-18(13-21)15-29)24(33)14-19-8-9-20-16-31(11-10-22(20)25(19)28)26(34)35-27(2,3)4/h5-9,12-13H,10-11,14,16H2,1-4H3. The molecule has 0 unspecified atom stereocenters. The van der Waals surface area contributed by atoms with Gasteiger partial charge in [-0.25, -0.2) is 13.9 Å². The zero-order valence-corrected chi connectivity index (χ0v) is 20.3. The van der Waals surface area contributed by atoms with Crippen LogP contribution in [0.5, 0.6) is 0 Å². The SMILES string of the molecule is Cc1cc(C(=O)Cc2ccc3c(c2F)CCN(C(=O)OC(C)(C)C)C3)n(-c2cccc(C#N)c2)n1. The predicted octanol–water partition coefficient (Wildman–Crippen LogP) is 4.91. The van der Waals surface area contributed by atoms with Crippen LogP contribution in [-0.4, -0.2) is 38.7 Å². The number of rotatable bonds is 4. The number of benzene rings is 2. The highest BCUT2D eigenvalue weighted by Crippen LogP contribution is 2.27. The van der Waals surface area contributed by atoms with Crippen molar-refractivity contribution < 1.29 is 18.7 Å². The summed E-state index contributed by atoms with van der Waals surface area (Å²) < 4.78 is 22.3. The van der Waals surface area contributed by atoms with Crippen LogP contribution < -0.4 is 0 Å². The minimum atomic E-state index is -0.604. The number of aryl methyl sites for hydroxylation is 1. The van der Waals surface area contributed by atoms with Gasteiger partial charge in [0, 0.05) is 19.5 Å². The molecule has 4 rings (SSSR count). The fraction of sp³-hybridized carbons (Fsp3) is 0.333. The van der Waals surface area contributed by atoms with E-state index in [1.54, 1.807) is 75.1 Å². The van der Waals surface area contributed by atoms with E-state index in [9.17, 15) is 14.9 Å². The van der Waals surface area contributed by atoms with Crippen LogP contribution in [0.3, 0.4) is 0 Å². The largest absolute Gasteiger partial charge is 0.444 e. The molecule has 0 atom stereocenters. The maximum Gasteiger partial charge on any atom is 0.410 e. The van der Waals surface area contributed by atoms with Crippen molar-refractivity contribution in [3.8, 4) is 11.8 Å². The molecule has 3 aromatic rings. The van der Waals surface area contributed by atoms with Gasteiger partial charge in [0.05, 0.1) is 23.0 Å². The third-order valence-electron chi connectivity index (χ3n) is 5.75. The molecule has 35 heavy (non-hydrogen) atoms. The Balaban J connectivity index is 1.56. The quantitative estimate of drug-likeness (QED) is 0.502. The summed E-state index contributed by atoms with van der Waals surface area (Å²) in [5.41, 5.74) is 2.95. The van der Waals surface area contributed by atoms with Crippen LogP contribution in [0.1, 0.15) is 59.2 Å². The Kier molecular flexibility index (Phi) is 6.44. The van der Waals surface area contributed by atoms with Crippen molar-refractivity contribution in [3.05, 3.63) is 81.9 Å². The Bertz CT molecular complexity index is 1350. The number of fused-ring (bicyclic) bond motifs is 1. The monoisotopic (exact) mass is 474 g/mol. The second-order valence-electron chi connectivity index (χ2n) is 9.67. The number of hydrogen-bond acceptors (Lipinski definition) is 5. The van der Waals surface area contributed by atoms with Gasteiger partial charge in [-0.1, -0.05) is 18.2 Å². The molecular formula is C27H27FN4O3. The molecule has 1 aromatic heterocycles. The average molecular weight is 475 g/mol. The Morgan fingerprint density at radius 1 is 1.20 bits per heavy atom. The number of ketones is 1. The molecule has 1 aliphatic heterocycles. The molecule has 0 N–H and O–H groups in total. The number of hydrogen-bond donors (Lipinski definition) is 0. The van der Waals surface area contributed by atoms with Crippen LogP contribution in [0.25, 0.3) is 5.69 Å². The summed E-state index contributed by atoms with van der Waals surface area (Å²) in [6.07, 6.45) is -0.204. The van der Waals surface area contributed by atoms with Crippen molar-refractivity contribution in [3.63, 3.8) is 0 Å². The van der Waals surface area contributed by atoms with Crippen LogP contribution in [-0.2, 0) is 24.1 Å². The molecule has 0 saturated carbocycles. The molecule has 0 radical (unpaired) electrons. The normalized spacial score (nSPS) is 13.2. The van der Waals surface area contributed by atoms with Gasteiger partial charge >= 0.3 is 6.09 Å². The Labute approximate surface area is 203 Å².